The fourth-order valence-corrected chi connectivity index (χ4v) is 1.36. The van der Waals surface area contributed by atoms with E-state index in [-0.39, 0.29) is 11.3 Å². The van der Waals surface area contributed by atoms with Gasteiger partial charge in [-0.25, -0.2) is 0 Å². The Balaban J connectivity index is 2.86. The predicted octanol–water partition coefficient (Wildman–Crippen LogP) is 3.23. The molecule has 0 spiro atoms. The molecule has 0 aromatic heterocycles. The van der Waals surface area contributed by atoms with E-state index in [1.54, 1.807) is 0 Å². The van der Waals surface area contributed by atoms with Crippen molar-refractivity contribution in [2.75, 3.05) is 7.11 Å². The number of non-ortho nitro benzene ring substituents is 1. The van der Waals surface area contributed by atoms with Crippen LogP contribution in [0.15, 0.2) is 24.3 Å². The van der Waals surface area contributed by atoms with Gasteiger partial charge in [-0.2, -0.15) is 13.2 Å². The minimum atomic E-state index is -4.34. The molecule has 0 aliphatic carbocycles. The number of nitrogens with zero attached hydrogens (tertiary/aromatic N) is 1. The summed E-state index contributed by atoms with van der Waals surface area (Å²) in [4.78, 5) is 9.76. The minimum absolute atomic E-state index is 0.171. The van der Waals surface area contributed by atoms with Gasteiger partial charge in [0.05, 0.1) is 17.4 Å². The third-order valence-corrected chi connectivity index (χ3v) is 2.18. The lowest BCUT2D eigenvalue weighted by molar-refractivity contribution is -0.384. The van der Waals surface area contributed by atoms with Crippen LogP contribution in [-0.4, -0.2) is 18.2 Å². The normalized spacial score (nSPS) is 13.4. The van der Waals surface area contributed by atoms with Crippen LogP contribution < -0.4 is 0 Å². The van der Waals surface area contributed by atoms with Gasteiger partial charge in [-0.1, -0.05) is 0 Å². The van der Waals surface area contributed by atoms with Gasteiger partial charge in [0.15, 0.2) is 0 Å². The number of alkyl halides is 3. The summed E-state index contributed by atoms with van der Waals surface area (Å²) in [5.41, 5.74) is 0.0889. The van der Waals surface area contributed by atoms with Gasteiger partial charge in [0, 0.05) is 19.2 Å². The first-order valence-corrected chi connectivity index (χ1v) is 4.67. The smallest absolute Gasteiger partial charge is 0.376 e. The van der Waals surface area contributed by atoms with E-state index in [1.807, 2.05) is 0 Å². The molecule has 0 heterocycles. The summed E-state index contributed by atoms with van der Waals surface area (Å²) in [5.74, 6) is 0. The van der Waals surface area contributed by atoms with E-state index in [9.17, 15) is 23.3 Å². The van der Waals surface area contributed by atoms with Crippen LogP contribution >= 0.6 is 0 Å². The van der Waals surface area contributed by atoms with E-state index in [4.69, 9.17) is 4.74 Å². The largest absolute Gasteiger partial charge is 0.391 e. The van der Waals surface area contributed by atoms with Gasteiger partial charge in [0.2, 0.25) is 0 Å². The minimum Gasteiger partial charge on any atom is -0.376 e. The zero-order chi connectivity index (χ0) is 13.1. The highest BCUT2D eigenvalue weighted by Crippen LogP contribution is 2.32. The summed E-state index contributed by atoms with van der Waals surface area (Å²) < 4.78 is 41.3. The van der Waals surface area contributed by atoms with E-state index < -0.39 is 23.6 Å². The second kappa shape index (κ2) is 5.13. The van der Waals surface area contributed by atoms with Crippen LogP contribution in [0.2, 0.25) is 0 Å². The number of ether oxygens (including phenoxy) is 1. The zero-order valence-electron chi connectivity index (χ0n) is 8.90. The van der Waals surface area contributed by atoms with Crippen molar-refractivity contribution in [2.24, 2.45) is 0 Å². The molecule has 94 valence electrons. The highest BCUT2D eigenvalue weighted by Gasteiger charge is 2.32. The molecule has 7 heteroatoms. The summed E-state index contributed by atoms with van der Waals surface area (Å²) in [6.07, 6.45) is -6.61. The Morgan fingerprint density at radius 2 is 1.88 bits per heavy atom. The fourth-order valence-electron chi connectivity index (χ4n) is 1.36. The van der Waals surface area contributed by atoms with Crippen LogP contribution in [0, 0.1) is 10.1 Å². The van der Waals surface area contributed by atoms with Crippen molar-refractivity contribution < 1.29 is 22.8 Å². The second-order valence-electron chi connectivity index (χ2n) is 3.39. The average Bonchev–Trinajstić information content (AvgIpc) is 2.25. The Bertz CT molecular complexity index is 389. The molecule has 0 radical (unpaired) electrons. The van der Waals surface area contributed by atoms with Gasteiger partial charge < -0.3 is 4.74 Å². The Hall–Kier alpha value is -1.63. The summed E-state index contributed by atoms with van der Waals surface area (Å²) in [6.45, 7) is 0. The maximum absolute atomic E-state index is 12.2. The standard InChI is InChI=1S/C10H10F3NO3/c1-17-9(6-10(11,12)13)7-2-4-8(5-3-7)14(15)16/h2-5,9H,6H2,1H3. The van der Waals surface area contributed by atoms with E-state index in [0.29, 0.717) is 0 Å². The van der Waals surface area contributed by atoms with Crippen molar-refractivity contribution >= 4 is 5.69 Å². The molecule has 1 unspecified atom stereocenters. The molecule has 1 atom stereocenters. The summed E-state index contributed by atoms with van der Waals surface area (Å²) in [7, 11) is 1.16. The van der Waals surface area contributed by atoms with Crippen molar-refractivity contribution in [3.05, 3.63) is 39.9 Å². The number of rotatable bonds is 4. The Morgan fingerprint density at radius 1 is 1.35 bits per heavy atom. The molecule has 0 fully saturated rings. The number of hydrogen-bond donors (Lipinski definition) is 0. The SMILES string of the molecule is COC(CC(F)(F)F)c1ccc([N+](=O)[O-])cc1. The fraction of sp³-hybridized carbons (Fsp3) is 0.400. The molecule has 0 amide bonds. The molecular formula is C10H10F3NO3. The summed E-state index contributed by atoms with van der Waals surface area (Å²) in [5, 5.41) is 10.4. The highest BCUT2D eigenvalue weighted by atomic mass is 19.4. The van der Waals surface area contributed by atoms with Crippen molar-refractivity contribution in [3.8, 4) is 0 Å². The molecule has 0 saturated heterocycles. The predicted molar refractivity (Wildman–Crippen MR) is 53.5 cm³/mol. The first-order valence-electron chi connectivity index (χ1n) is 4.67. The molecule has 0 aliphatic rings. The van der Waals surface area contributed by atoms with Gasteiger partial charge in [-0.3, -0.25) is 10.1 Å². The third kappa shape index (κ3) is 4.03. The van der Waals surface area contributed by atoms with Gasteiger partial charge in [0.25, 0.3) is 5.69 Å². The molecular weight excluding hydrogens is 239 g/mol. The van der Waals surface area contributed by atoms with Crippen LogP contribution in [0.25, 0.3) is 0 Å². The van der Waals surface area contributed by atoms with E-state index in [2.05, 4.69) is 0 Å². The molecule has 1 aromatic carbocycles. The quantitative estimate of drug-likeness (QED) is 0.608. The highest BCUT2D eigenvalue weighted by molar-refractivity contribution is 5.33. The Labute approximate surface area is 95.2 Å². The molecule has 1 aromatic rings. The van der Waals surface area contributed by atoms with Crippen LogP contribution in [0.5, 0.6) is 0 Å². The van der Waals surface area contributed by atoms with E-state index >= 15 is 0 Å². The van der Waals surface area contributed by atoms with Crippen molar-refractivity contribution in [2.45, 2.75) is 18.7 Å². The first-order chi connectivity index (χ1) is 7.83. The average molecular weight is 249 g/mol. The van der Waals surface area contributed by atoms with Gasteiger partial charge in [-0.05, 0) is 17.7 Å². The van der Waals surface area contributed by atoms with Gasteiger partial charge >= 0.3 is 6.18 Å². The van der Waals surface area contributed by atoms with Crippen LogP contribution in [0.1, 0.15) is 18.1 Å². The van der Waals surface area contributed by atoms with Crippen molar-refractivity contribution in [1.29, 1.82) is 0 Å². The third-order valence-electron chi connectivity index (χ3n) is 2.18. The van der Waals surface area contributed by atoms with Crippen LogP contribution in [0.3, 0.4) is 0 Å². The number of nitro benzene ring substituents is 1. The second-order valence-corrected chi connectivity index (χ2v) is 3.39. The molecule has 17 heavy (non-hydrogen) atoms. The van der Waals surface area contributed by atoms with E-state index in [1.165, 1.54) is 12.1 Å². The monoisotopic (exact) mass is 249 g/mol. The Kier molecular flexibility index (Phi) is 4.06. The molecule has 0 N–H and O–H groups in total. The van der Waals surface area contributed by atoms with Crippen molar-refractivity contribution in [1.82, 2.24) is 0 Å². The first kappa shape index (κ1) is 13.4. The number of methoxy groups -OCH3 is 1. The topological polar surface area (TPSA) is 52.4 Å². The molecule has 0 aliphatic heterocycles. The number of benzene rings is 1. The number of hydrogen-bond acceptors (Lipinski definition) is 3. The van der Waals surface area contributed by atoms with Gasteiger partial charge in [0.1, 0.15) is 0 Å². The summed E-state index contributed by atoms with van der Waals surface area (Å²) in [6, 6.07) is 4.82. The molecule has 4 nitrogen and oxygen atoms in total. The number of nitro groups is 1. The lowest BCUT2D eigenvalue weighted by atomic mass is 10.1. The van der Waals surface area contributed by atoms with Crippen molar-refractivity contribution in [3.63, 3.8) is 0 Å². The molecule has 1 rings (SSSR count). The summed E-state index contributed by atoms with van der Waals surface area (Å²) >= 11 is 0. The molecule has 0 saturated carbocycles. The number of halogens is 3. The lowest BCUT2D eigenvalue weighted by Crippen LogP contribution is -2.15. The lowest BCUT2D eigenvalue weighted by Gasteiger charge is -2.17. The van der Waals surface area contributed by atoms with E-state index in [0.717, 1.165) is 19.2 Å². The maximum atomic E-state index is 12.2. The zero-order valence-corrected chi connectivity index (χ0v) is 8.90. The van der Waals surface area contributed by atoms with Gasteiger partial charge in [-0.15, -0.1) is 0 Å². The Morgan fingerprint density at radius 3 is 2.24 bits per heavy atom. The maximum Gasteiger partial charge on any atom is 0.391 e. The molecule has 0 bridgehead atoms. The van der Waals surface area contributed by atoms with Crippen LogP contribution in [0.4, 0.5) is 18.9 Å². The van der Waals surface area contributed by atoms with Crippen LogP contribution in [-0.2, 0) is 4.74 Å².